The van der Waals surface area contributed by atoms with Gasteiger partial charge < -0.3 is 15.2 Å². The van der Waals surface area contributed by atoms with Crippen LogP contribution in [0.25, 0.3) is 0 Å². The summed E-state index contributed by atoms with van der Waals surface area (Å²) in [7, 11) is 0. The number of rotatable bonds is 3. The third kappa shape index (κ3) is 2.40. The van der Waals surface area contributed by atoms with Crippen LogP contribution in [-0.2, 0) is 6.54 Å². The summed E-state index contributed by atoms with van der Waals surface area (Å²) in [6.07, 6.45) is 0.697. The second-order valence-corrected chi connectivity index (χ2v) is 3.04. The number of aliphatic hydroxyl groups is 1. The minimum absolute atomic E-state index is 0.0225. The molecular weight excluding hydrogens is 198 g/mol. The monoisotopic (exact) mass is 205 g/mol. The van der Waals surface area contributed by atoms with Crippen LogP contribution in [-0.4, -0.2) is 25.9 Å². The van der Waals surface area contributed by atoms with E-state index in [-0.39, 0.29) is 17.4 Å². The van der Waals surface area contributed by atoms with Crippen molar-refractivity contribution in [2.45, 2.75) is 19.6 Å². The summed E-state index contributed by atoms with van der Waals surface area (Å²) in [5.74, 6) is -0.387. The number of nitrogens with zero attached hydrogens (tertiary/aromatic N) is 3. The molecule has 0 amide bonds. The van der Waals surface area contributed by atoms with Crippen molar-refractivity contribution in [3.8, 4) is 0 Å². The van der Waals surface area contributed by atoms with E-state index in [4.69, 9.17) is 16.7 Å². The zero-order chi connectivity index (χ0) is 10.0. The summed E-state index contributed by atoms with van der Waals surface area (Å²) < 4.78 is 1.24. The first-order valence-electron chi connectivity index (χ1n) is 3.56. The predicted octanol–water partition coefficient (Wildman–Crippen LogP) is 0.825. The van der Waals surface area contributed by atoms with Gasteiger partial charge in [-0.05, 0) is 11.8 Å². The fourth-order valence-corrected chi connectivity index (χ4v) is 1.09. The molecule has 0 aliphatic carbocycles. The van der Waals surface area contributed by atoms with Crippen molar-refractivity contribution in [1.82, 2.24) is 9.78 Å². The lowest BCUT2D eigenvalue weighted by Gasteiger charge is -1.98. The van der Waals surface area contributed by atoms with Crippen LogP contribution < -0.4 is 0 Å². The molecule has 72 valence electrons. The lowest BCUT2D eigenvalue weighted by molar-refractivity contribution is -0.389. The lowest BCUT2D eigenvalue weighted by Crippen LogP contribution is -2.12. The van der Waals surface area contributed by atoms with Crippen LogP contribution in [0.3, 0.4) is 0 Å². The highest BCUT2D eigenvalue weighted by Crippen LogP contribution is 2.21. The van der Waals surface area contributed by atoms with Crippen molar-refractivity contribution in [1.29, 1.82) is 0 Å². The second-order valence-electron chi connectivity index (χ2n) is 2.63. The third-order valence-corrected chi connectivity index (χ3v) is 1.59. The number of aliphatic hydroxyl groups excluding tert-OH is 1. The number of nitro groups is 1. The molecule has 0 radical (unpaired) electrons. The van der Waals surface area contributed by atoms with Crippen LogP contribution in [0, 0.1) is 10.1 Å². The molecular formula is C6H8ClN3O3. The van der Waals surface area contributed by atoms with Crippen LogP contribution in [0.15, 0.2) is 6.20 Å². The Morgan fingerprint density at radius 3 is 2.92 bits per heavy atom. The van der Waals surface area contributed by atoms with E-state index in [9.17, 15) is 10.1 Å². The molecule has 1 N–H and O–H groups in total. The maximum Gasteiger partial charge on any atom is 0.408 e. The van der Waals surface area contributed by atoms with Gasteiger partial charge in [0.1, 0.15) is 0 Å². The van der Waals surface area contributed by atoms with Crippen molar-refractivity contribution < 1.29 is 10.0 Å². The predicted molar refractivity (Wildman–Crippen MR) is 45.6 cm³/mol. The number of halogens is 1. The maximum atomic E-state index is 10.3. The molecule has 0 bridgehead atoms. The van der Waals surface area contributed by atoms with Gasteiger partial charge in [0, 0.05) is 0 Å². The maximum absolute atomic E-state index is 10.3. The second kappa shape index (κ2) is 3.71. The molecule has 1 heterocycles. The summed E-state index contributed by atoms with van der Waals surface area (Å²) in [6, 6.07) is 0. The van der Waals surface area contributed by atoms with Gasteiger partial charge in [0.2, 0.25) is 0 Å². The zero-order valence-electron chi connectivity index (χ0n) is 6.85. The van der Waals surface area contributed by atoms with E-state index in [1.54, 1.807) is 6.92 Å². The average Bonchev–Trinajstić information content (AvgIpc) is 2.29. The van der Waals surface area contributed by atoms with Crippen molar-refractivity contribution in [2.75, 3.05) is 0 Å². The molecule has 1 aromatic rings. The fourth-order valence-electron chi connectivity index (χ4n) is 0.875. The summed E-state index contributed by atoms with van der Waals surface area (Å²) >= 11 is 5.52. The SMILES string of the molecule is C[C@H](O)Cn1cc(Cl)c([N+](=O)[O-])n1. The van der Waals surface area contributed by atoms with Crippen molar-refractivity contribution >= 4 is 17.4 Å². The number of aromatic nitrogens is 2. The first-order valence-corrected chi connectivity index (χ1v) is 3.94. The van der Waals surface area contributed by atoms with Gasteiger partial charge >= 0.3 is 5.82 Å². The standard InChI is InChI=1S/C6H8ClN3O3/c1-4(11)2-9-3-5(7)6(8-9)10(12)13/h3-4,11H,2H2,1H3/t4-/m0/s1. The summed E-state index contributed by atoms with van der Waals surface area (Å²) in [5, 5.41) is 22.8. The normalized spacial score (nSPS) is 12.8. The first-order chi connectivity index (χ1) is 6.00. The molecule has 0 aromatic carbocycles. The van der Waals surface area contributed by atoms with E-state index in [2.05, 4.69) is 5.10 Å². The molecule has 0 saturated heterocycles. The van der Waals surface area contributed by atoms with E-state index >= 15 is 0 Å². The van der Waals surface area contributed by atoms with Crippen molar-refractivity contribution in [2.24, 2.45) is 0 Å². The summed E-state index contributed by atoms with van der Waals surface area (Å²) in [4.78, 5) is 9.64. The summed E-state index contributed by atoms with van der Waals surface area (Å²) in [5.41, 5.74) is 0. The minimum Gasteiger partial charge on any atom is -0.391 e. The minimum atomic E-state index is -0.666. The van der Waals surface area contributed by atoms with Crippen LogP contribution in [0.4, 0.5) is 5.82 Å². The largest absolute Gasteiger partial charge is 0.408 e. The fraction of sp³-hybridized carbons (Fsp3) is 0.500. The highest BCUT2D eigenvalue weighted by atomic mass is 35.5. The number of hydrogen-bond donors (Lipinski definition) is 1. The van der Waals surface area contributed by atoms with Gasteiger partial charge in [0.25, 0.3) is 0 Å². The molecule has 7 heteroatoms. The Balaban J connectivity index is 2.89. The quantitative estimate of drug-likeness (QED) is 0.585. The molecule has 1 atom stereocenters. The van der Waals surface area contributed by atoms with Gasteiger partial charge in [-0.15, -0.1) is 0 Å². The van der Waals surface area contributed by atoms with Gasteiger partial charge in [0.05, 0.1) is 23.9 Å². The van der Waals surface area contributed by atoms with Crippen LogP contribution >= 0.6 is 11.6 Å². The van der Waals surface area contributed by atoms with E-state index in [1.165, 1.54) is 10.9 Å². The number of hydrogen-bond acceptors (Lipinski definition) is 4. The zero-order valence-corrected chi connectivity index (χ0v) is 7.60. The van der Waals surface area contributed by atoms with Crippen molar-refractivity contribution in [3.05, 3.63) is 21.3 Å². The Kier molecular flexibility index (Phi) is 2.84. The molecule has 6 nitrogen and oxygen atoms in total. The van der Waals surface area contributed by atoms with Crippen LogP contribution in [0.1, 0.15) is 6.92 Å². The molecule has 0 unspecified atom stereocenters. The topological polar surface area (TPSA) is 81.2 Å². The molecule has 0 aliphatic rings. The Morgan fingerprint density at radius 2 is 2.54 bits per heavy atom. The molecule has 1 aromatic heterocycles. The van der Waals surface area contributed by atoms with Crippen LogP contribution in [0.5, 0.6) is 0 Å². The Bertz CT molecular complexity index is 323. The Morgan fingerprint density at radius 1 is 1.92 bits per heavy atom. The molecule has 0 aliphatic heterocycles. The van der Waals surface area contributed by atoms with Gasteiger partial charge in [-0.25, -0.2) is 0 Å². The third-order valence-electron chi connectivity index (χ3n) is 1.32. The molecule has 13 heavy (non-hydrogen) atoms. The lowest BCUT2D eigenvalue weighted by atomic mass is 10.4. The van der Waals surface area contributed by atoms with Crippen LogP contribution in [0.2, 0.25) is 5.02 Å². The van der Waals surface area contributed by atoms with E-state index < -0.39 is 11.0 Å². The molecule has 0 saturated carbocycles. The molecule has 0 spiro atoms. The van der Waals surface area contributed by atoms with Gasteiger partial charge in [-0.1, -0.05) is 11.6 Å². The van der Waals surface area contributed by atoms with Gasteiger partial charge in [-0.2, -0.15) is 4.68 Å². The highest BCUT2D eigenvalue weighted by Gasteiger charge is 2.19. The molecule has 1 rings (SSSR count). The smallest absolute Gasteiger partial charge is 0.391 e. The average molecular weight is 206 g/mol. The van der Waals surface area contributed by atoms with E-state index in [0.717, 1.165) is 0 Å². The van der Waals surface area contributed by atoms with E-state index in [0.29, 0.717) is 0 Å². The van der Waals surface area contributed by atoms with Gasteiger partial charge in [-0.3, -0.25) is 0 Å². The van der Waals surface area contributed by atoms with Gasteiger partial charge in [0.15, 0.2) is 5.02 Å². The Hall–Kier alpha value is -1.14. The highest BCUT2D eigenvalue weighted by molar-refractivity contribution is 6.32. The van der Waals surface area contributed by atoms with E-state index in [1.807, 2.05) is 0 Å². The first kappa shape index (κ1) is 9.94. The Labute approximate surface area is 78.9 Å². The summed E-state index contributed by atoms with van der Waals surface area (Å²) in [6.45, 7) is 1.75. The molecule has 0 fully saturated rings. The van der Waals surface area contributed by atoms with Crippen molar-refractivity contribution in [3.63, 3.8) is 0 Å².